The molecule has 0 aromatic heterocycles. The van der Waals surface area contributed by atoms with Crippen LogP contribution < -0.4 is 0 Å². The van der Waals surface area contributed by atoms with Crippen molar-refractivity contribution in [2.45, 2.75) is 225 Å². The van der Waals surface area contributed by atoms with Crippen molar-refractivity contribution < 1.29 is 47.8 Å². The summed E-state index contributed by atoms with van der Waals surface area (Å²) in [6, 6.07) is 0. The van der Waals surface area contributed by atoms with Crippen LogP contribution in [0.2, 0.25) is 0 Å². The van der Waals surface area contributed by atoms with E-state index in [0.717, 1.165) is 57.8 Å². The third-order valence-electron chi connectivity index (χ3n) is 9.67. The Morgan fingerprint density at radius 3 is 1.37 bits per heavy atom. The van der Waals surface area contributed by atoms with Crippen LogP contribution >= 0.6 is 7.82 Å². The number of carbonyl (C=O) groups is 2. The molecule has 0 spiro atoms. The third kappa shape index (κ3) is 39.0. The summed E-state index contributed by atoms with van der Waals surface area (Å²) in [5.41, 5.74) is 0. The number of phosphoric acid groups is 1. The van der Waals surface area contributed by atoms with Crippen molar-refractivity contribution in [2.75, 3.05) is 26.4 Å². The number of aliphatic hydroxyl groups is 2. The van der Waals surface area contributed by atoms with Crippen LogP contribution in [0.15, 0.2) is 12.2 Å². The summed E-state index contributed by atoms with van der Waals surface area (Å²) < 4.78 is 32.7. The Morgan fingerprint density at radius 1 is 0.537 bits per heavy atom. The normalized spacial score (nSPS) is 13.9. The highest BCUT2D eigenvalue weighted by Gasteiger charge is 2.27. The van der Waals surface area contributed by atoms with E-state index >= 15 is 0 Å². The van der Waals surface area contributed by atoms with Crippen LogP contribution in [-0.4, -0.2) is 65.7 Å². The molecule has 11 heteroatoms. The van der Waals surface area contributed by atoms with Crippen LogP contribution in [0.3, 0.4) is 0 Å². The first-order valence-corrected chi connectivity index (χ1v) is 23.6. The van der Waals surface area contributed by atoms with E-state index in [1.165, 1.54) is 116 Å². The fourth-order valence-electron chi connectivity index (χ4n) is 6.22. The molecule has 0 aliphatic rings. The average Bonchev–Trinajstić information content (AvgIpc) is 3.16. The van der Waals surface area contributed by atoms with Gasteiger partial charge in [0.25, 0.3) is 0 Å². The molecular formula is C43H83O10P. The van der Waals surface area contributed by atoms with E-state index in [1.54, 1.807) is 0 Å². The number of hydrogen-bond acceptors (Lipinski definition) is 9. The van der Waals surface area contributed by atoms with Gasteiger partial charge in [-0.3, -0.25) is 18.6 Å². The standard InChI is InChI=1S/C43H83O10P/c1-3-5-7-9-11-13-15-17-18-19-20-21-22-23-25-27-29-31-33-35-43(47)53-41(39-52-54(48,49)51-37-40(45)36-44)38-50-42(46)34-32-30-28-26-24-16-14-12-10-8-6-4-2/h12,14,40-41,44-45H,3-11,13,15-39H2,1-2H3,(H,48,49)/b14-12-/t40-,41+/m0/s1. The number of allylic oxidation sites excluding steroid dienone is 2. The Bertz CT molecular complexity index is 915. The second kappa shape index (κ2) is 39.9. The Morgan fingerprint density at radius 2 is 0.907 bits per heavy atom. The molecule has 54 heavy (non-hydrogen) atoms. The monoisotopic (exact) mass is 791 g/mol. The molecule has 1 unspecified atom stereocenters. The van der Waals surface area contributed by atoms with Gasteiger partial charge < -0.3 is 24.6 Å². The second-order valence-electron chi connectivity index (χ2n) is 15.1. The maximum atomic E-state index is 12.6. The number of esters is 2. The van der Waals surface area contributed by atoms with E-state index in [1.807, 2.05) is 0 Å². The second-order valence-corrected chi connectivity index (χ2v) is 16.5. The van der Waals surface area contributed by atoms with E-state index in [2.05, 4.69) is 30.5 Å². The summed E-state index contributed by atoms with van der Waals surface area (Å²) in [7, 11) is -4.61. The van der Waals surface area contributed by atoms with Crippen molar-refractivity contribution in [3.63, 3.8) is 0 Å². The Hall–Kier alpha value is -1.29. The Balaban J connectivity index is 4.22. The largest absolute Gasteiger partial charge is 0.472 e. The minimum Gasteiger partial charge on any atom is -0.462 e. The topological polar surface area (TPSA) is 149 Å². The molecule has 0 bridgehead atoms. The lowest BCUT2D eigenvalue weighted by Gasteiger charge is -2.20. The van der Waals surface area contributed by atoms with Crippen LogP contribution in [0.4, 0.5) is 0 Å². The number of aliphatic hydroxyl groups excluding tert-OH is 2. The summed E-state index contributed by atoms with van der Waals surface area (Å²) in [6.07, 6.45) is 37.5. The van der Waals surface area contributed by atoms with Gasteiger partial charge in [0.05, 0.1) is 19.8 Å². The van der Waals surface area contributed by atoms with Gasteiger partial charge >= 0.3 is 19.8 Å². The Labute approximate surface area is 330 Å². The van der Waals surface area contributed by atoms with E-state index in [9.17, 15) is 24.2 Å². The summed E-state index contributed by atoms with van der Waals surface area (Å²) in [5.74, 6) is -0.925. The predicted octanol–water partition coefficient (Wildman–Crippen LogP) is 11.6. The van der Waals surface area contributed by atoms with E-state index in [0.29, 0.717) is 12.8 Å². The molecule has 320 valence electrons. The zero-order valence-electron chi connectivity index (χ0n) is 34.7. The molecule has 0 aromatic rings. The highest BCUT2D eigenvalue weighted by atomic mass is 31.2. The summed E-state index contributed by atoms with van der Waals surface area (Å²) in [5, 5.41) is 18.3. The molecule has 0 aliphatic carbocycles. The first-order chi connectivity index (χ1) is 26.2. The maximum absolute atomic E-state index is 12.6. The zero-order chi connectivity index (χ0) is 39.8. The summed E-state index contributed by atoms with van der Waals surface area (Å²) in [6.45, 7) is 2.37. The third-order valence-corrected chi connectivity index (χ3v) is 10.6. The molecule has 3 atom stereocenters. The molecule has 0 rings (SSSR count). The van der Waals surface area contributed by atoms with Crippen LogP contribution in [0.1, 0.15) is 213 Å². The fraction of sp³-hybridized carbons (Fsp3) is 0.907. The maximum Gasteiger partial charge on any atom is 0.472 e. The van der Waals surface area contributed by atoms with Gasteiger partial charge in [0.15, 0.2) is 6.10 Å². The van der Waals surface area contributed by atoms with Gasteiger partial charge in [-0.25, -0.2) is 4.57 Å². The van der Waals surface area contributed by atoms with Crippen molar-refractivity contribution in [2.24, 2.45) is 0 Å². The molecule has 0 radical (unpaired) electrons. The predicted molar refractivity (Wildman–Crippen MR) is 219 cm³/mol. The van der Waals surface area contributed by atoms with Crippen molar-refractivity contribution in [3.8, 4) is 0 Å². The molecule has 0 saturated carbocycles. The number of hydrogen-bond donors (Lipinski definition) is 3. The number of unbranched alkanes of at least 4 members (excludes halogenated alkanes) is 26. The average molecular weight is 791 g/mol. The smallest absolute Gasteiger partial charge is 0.462 e. The molecule has 0 heterocycles. The molecule has 0 fully saturated rings. The number of ether oxygens (including phenoxy) is 2. The SMILES string of the molecule is CCCCC/C=C\CCCCCCCC(=O)OC[C@H](COP(=O)(O)OC[C@@H](O)CO)OC(=O)CCCCCCCCCCCCCCCCCCCCC. The molecule has 0 saturated heterocycles. The molecule has 3 N–H and O–H groups in total. The minimum absolute atomic E-state index is 0.188. The highest BCUT2D eigenvalue weighted by molar-refractivity contribution is 7.47. The molecule has 10 nitrogen and oxygen atoms in total. The summed E-state index contributed by atoms with van der Waals surface area (Å²) >= 11 is 0. The minimum atomic E-state index is -4.61. The van der Waals surface area contributed by atoms with Crippen LogP contribution in [0.25, 0.3) is 0 Å². The van der Waals surface area contributed by atoms with Gasteiger partial charge in [0.1, 0.15) is 12.7 Å². The molecule has 0 amide bonds. The highest BCUT2D eigenvalue weighted by Crippen LogP contribution is 2.43. The van der Waals surface area contributed by atoms with Gasteiger partial charge in [-0.15, -0.1) is 0 Å². The first-order valence-electron chi connectivity index (χ1n) is 22.1. The lowest BCUT2D eigenvalue weighted by Crippen LogP contribution is -2.29. The Kier molecular flexibility index (Phi) is 39.0. The fourth-order valence-corrected chi connectivity index (χ4v) is 7.01. The van der Waals surface area contributed by atoms with Gasteiger partial charge in [-0.1, -0.05) is 174 Å². The molecule has 0 aliphatic heterocycles. The quantitative estimate of drug-likeness (QED) is 0.0236. The van der Waals surface area contributed by atoms with E-state index in [4.69, 9.17) is 19.1 Å². The van der Waals surface area contributed by atoms with Crippen molar-refractivity contribution >= 4 is 19.8 Å². The van der Waals surface area contributed by atoms with Crippen molar-refractivity contribution in [1.82, 2.24) is 0 Å². The van der Waals surface area contributed by atoms with Gasteiger partial charge in [0.2, 0.25) is 0 Å². The molecular weight excluding hydrogens is 707 g/mol. The van der Waals surface area contributed by atoms with Crippen molar-refractivity contribution in [1.29, 1.82) is 0 Å². The zero-order valence-corrected chi connectivity index (χ0v) is 35.6. The number of rotatable bonds is 42. The summed E-state index contributed by atoms with van der Waals surface area (Å²) in [4.78, 5) is 34.9. The molecule has 0 aromatic carbocycles. The first kappa shape index (κ1) is 52.7. The number of carbonyl (C=O) groups excluding carboxylic acids is 2. The lowest BCUT2D eigenvalue weighted by molar-refractivity contribution is -0.161. The lowest BCUT2D eigenvalue weighted by atomic mass is 10.0. The van der Waals surface area contributed by atoms with Crippen LogP contribution in [-0.2, 0) is 32.7 Å². The van der Waals surface area contributed by atoms with Crippen LogP contribution in [0.5, 0.6) is 0 Å². The van der Waals surface area contributed by atoms with Crippen molar-refractivity contribution in [3.05, 3.63) is 12.2 Å². The van der Waals surface area contributed by atoms with Gasteiger partial charge in [-0.05, 0) is 38.5 Å². The number of phosphoric ester groups is 1. The van der Waals surface area contributed by atoms with Gasteiger partial charge in [-0.2, -0.15) is 0 Å². The van der Waals surface area contributed by atoms with Crippen LogP contribution in [0, 0.1) is 0 Å². The van der Waals surface area contributed by atoms with Gasteiger partial charge in [0, 0.05) is 12.8 Å². The van der Waals surface area contributed by atoms with E-state index < -0.39 is 51.8 Å². The van der Waals surface area contributed by atoms with E-state index in [-0.39, 0.29) is 19.4 Å².